The Labute approximate surface area is 155 Å². The summed E-state index contributed by atoms with van der Waals surface area (Å²) in [7, 11) is 0. The van der Waals surface area contributed by atoms with Crippen LogP contribution in [-0.4, -0.2) is 39.8 Å². The van der Waals surface area contributed by atoms with Crippen LogP contribution in [0.3, 0.4) is 0 Å². The third-order valence-electron chi connectivity index (χ3n) is 3.31. The van der Waals surface area contributed by atoms with Crippen molar-refractivity contribution in [2.75, 3.05) is 11.9 Å². The van der Waals surface area contributed by atoms with Crippen LogP contribution in [0.25, 0.3) is 22.9 Å². The van der Waals surface area contributed by atoms with E-state index in [1.807, 2.05) is 0 Å². The molecule has 0 fully saturated rings. The molecule has 0 aliphatic rings. The van der Waals surface area contributed by atoms with E-state index in [1.54, 1.807) is 36.7 Å². The lowest BCUT2D eigenvalue weighted by molar-refractivity contribution is -0.199. The SMILES string of the molecule is O=C(COC(=O)C(F)(F)F)Nc1ccc(-c2nnc(-c3cccnc3)o2)cc1. The Bertz CT molecular complexity index is 972. The van der Waals surface area contributed by atoms with Crippen molar-refractivity contribution in [2.45, 2.75) is 6.18 Å². The highest BCUT2D eigenvalue weighted by Gasteiger charge is 2.41. The summed E-state index contributed by atoms with van der Waals surface area (Å²) in [4.78, 5) is 26.1. The quantitative estimate of drug-likeness (QED) is 0.665. The third-order valence-corrected chi connectivity index (χ3v) is 3.31. The van der Waals surface area contributed by atoms with Crippen LogP contribution in [0.1, 0.15) is 0 Å². The van der Waals surface area contributed by atoms with E-state index in [2.05, 4.69) is 25.2 Å². The van der Waals surface area contributed by atoms with Gasteiger partial charge in [0.15, 0.2) is 6.61 Å². The summed E-state index contributed by atoms with van der Waals surface area (Å²) in [5, 5.41) is 10.2. The van der Waals surface area contributed by atoms with E-state index in [1.165, 1.54) is 12.1 Å². The molecule has 8 nitrogen and oxygen atoms in total. The van der Waals surface area contributed by atoms with Crippen molar-refractivity contribution in [3.05, 3.63) is 48.8 Å². The van der Waals surface area contributed by atoms with Gasteiger partial charge in [-0.1, -0.05) is 0 Å². The molecule has 0 unspecified atom stereocenters. The monoisotopic (exact) mass is 392 g/mol. The number of hydrogen-bond acceptors (Lipinski definition) is 7. The van der Waals surface area contributed by atoms with E-state index in [-0.39, 0.29) is 17.5 Å². The molecule has 144 valence electrons. The van der Waals surface area contributed by atoms with Crippen LogP contribution in [0.5, 0.6) is 0 Å². The second-order valence-corrected chi connectivity index (χ2v) is 5.35. The van der Waals surface area contributed by atoms with Gasteiger partial charge in [0.05, 0.1) is 5.56 Å². The first-order chi connectivity index (χ1) is 13.3. The molecule has 0 atom stereocenters. The Hall–Kier alpha value is -3.76. The number of rotatable bonds is 5. The number of benzene rings is 1. The molecule has 11 heteroatoms. The zero-order chi connectivity index (χ0) is 20.1. The lowest BCUT2D eigenvalue weighted by Gasteiger charge is -2.08. The molecule has 0 aliphatic carbocycles. The van der Waals surface area contributed by atoms with Crippen LogP contribution < -0.4 is 5.32 Å². The Morgan fingerprint density at radius 3 is 2.32 bits per heavy atom. The van der Waals surface area contributed by atoms with E-state index in [9.17, 15) is 22.8 Å². The summed E-state index contributed by atoms with van der Waals surface area (Å²) in [5.41, 5.74) is 1.49. The lowest BCUT2D eigenvalue weighted by Crippen LogP contribution is -2.29. The van der Waals surface area contributed by atoms with Crippen molar-refractivity contribution in [2.24, 2.45) is 0 Å². The molecule has 1 aromatic carbocycles. The molecule has 3 aromatic rings. The van der Waals surface area contributed by atoms with Crippen molar-refractivity contribution in [1.82, 2.24) is 15.2 Å². The van der Waals surface area contributed by atoms with Crippen LogP contribution in [0, 0.1) is 0 Å². The second-order valence-electron chi connectivity index (χ2n) is 5.35. The maximum atomic E-state index is 12.0. The van der Waals surface area contributed by atoms with Crippen molar-refractivity contribution < 1.29 is 31.9 Å². The average molecular weight is 392 g/mol. The number of alkyl halides is 3. The molecular formula is C17H11F3N4O4. The molecule has 3 rings (SSSR count). The van der Waals surface area contributed by atoms with Gasteiger partial charge >= 0.3 is 12.1 Å². The van der Waals surface area contributed by atoms with E-state index < -0.39 is 24.7 Å². The molecule has 0 saturated carbocycles. The molecule has 0 spiro atoms. The minimum atomic E-state index is -5.15. The Kier molecular flexibility index (Phi) is 5.34. The highest BCUT2D eigenvalue weighted by atomic mass is 19.4. The number of anilines is 1. The fourth-order valence-corrected chi connectivity index (χ4v) is 2.05. The molecule has 1 amide bonds. The molecule has 2 heterocycles. The average Bonchev–Trinajstić information content (AvgIpc) is 3.17. The fourth-order valence-electron chi connectivity index (χ4n) is 2.05. The Morgan fingerprint density at radius 2 is 1.71 bits per heavy atom. The molecule has 0 aliphatic heterocycles. The van der Waals surface area contributed by atoms with Crippen LogP contribution in [0.15, 0.2) is 53.2 Å². The van der Waals surface area contributed by atoms with Gasteiger partial charge in [-0.2, -0.15) is 13.2 Å². The van der Waals surface area contributed by atoms with Crippen LogP contribution in [-0.2, 0) is 14.3 Å². The number of nitrogens with one attached hydrogen (secondary N) is 1. The van der Waals surface area contributed by atoms with Crippen molar-refractivity contribution in [3.63, 3.8) is 0 Å². The van der Waals surface area contributed by atoms with Gasteiger partial charge in [0.2, 0.25) is 11.8 Å². The van der Waals surface area contributed by atoms with Gasteiger partial charge in [0.25, 0.3) is 5.91 Å². The minimum Gasteiger partial charge on any atom is -0.449 e. The number of pyridine rings is 1. The predicted octanol–water partition coefficient (Wildman–Crippen LogP) is 2.84. The van der Waals surface area contributed by atoms with Gasteiger partial charge in [0.1, 0.15) is 0 Å². The second kappa shape index (κ2) is 7.86. The summed E-state index contributed by atoms with van der Waals surface area (Å²) in [6.07, 6.45) is -1.97. The van der Waals surface area contributed by atoms with Gasteiger partial charge in [-0.3, -0.25) is 9.78 Å². The number of aromatic nitrogens is 3. The van der Waals surface area contributed by atoms with Gasteiger partial charge < -0.3 is 14.5 Å². The van der Waals surface area contributed by atoms with E-state index in [0.29, 0.717) is 11.1 Å². The summed E-state index contributed by atoms with van der Waals surface area (Å²) in [6.45, 7) is -1.06. The third kappa shape index (κ3) is 4.69. The van der Waals surface area contributed by atoms with E-state index >= 15 is 0 Å². The van der Waals surface area contributed by atoms with Crippen molar-refractivity contribution >= 4 is 17.6 Å². The number of carbonyl (C=O) groups excluding carboxylic acids is 2. The normalized spacial score (nSPS) is 11.1. The lowest BCUT2D eigenvalue weighted by atomic mass is 10.2. The summed E-state index contributed by atoms with van der Waals surface area (Å²) in [6, 6.07) is 9.58. The van der Waals surface area contributed by atoms with Gasteiger partial charge in [0, 0.05) is 23.6 Å². The van der Waals surface area contributed by atoms with Gasteiger partial charge in [-0.05, 0) is 36.4 Å². The summed E-state index contributed by atoms with van der Waals surface area (Å²) < 4.78 is 45.5. The number of carbonyl (C=O) groups is 2. The summed E-state index contributed by atoms with van der Waals surface area (Å²) >= 11 is 0. The highest BCUT2D eigenvalue weighted by molar-refractivity contribution is 5.93. The Balaban J connectivity index is 1.60. The molecule has 0 saturated heterocycles. The standard InChI is InChI=1S/C17H11F3N4O4/c18-17(19,20)16(26)27-9-13(25)22-12-5-3-10(4-6-12)14-23-24-15(28-14)11-2-1-7-21-8-11/h1-8H,9H2,(H,22,25). The van der Waals surface area contributed by atoms with E-state index in [4.69, 9.17) is 4.42 Å². The summed E-state index contributed by atoms with van der Waals surface area (Å²) in [5.74, 6) is -2.83. The highest BCUT2D eigenvalue weighted by Crippen LogP contribution is 2.24. The Morgan fingerprint density at radius 1 is 1.04 bits per heavy atom. The number of ether oxygens (including phenoxy) is 1. The number of amides is 1. The fraction of sp³-hybridized carbons (Fsp3) is 0.118. The largest absolute Gasteiger partial charge is 0.490 e. The molecule has 28 heavy (non-hydrogen) atoms. The molecule has 2 aromatic heterocycles. The molecule has 1 N–H and O–H groups in total. The van der Waals surface area contributed by atoms with Crippen LogP contribution >= 0.6 is 0 Å². The zero-order valence-electron chi connectivity index (χ0n) is 13.9. The number of hydrogen-bond donors (Lipinski definition) is 1. The van der Waals surface area contributed by atoms with Gasteiger partial charge in [-0.15, -0.1) is 10.2 Å². The first-order valence-corrected chi connectivity index (χ1v) is 7.71. The first-order valence-electron chi connectivity index (χ1n) is 7.71. The van der Waals surface area contributed by atoms with Gasteiger partial charge in [-0.25, -0.2) is 4.79 Å². The van der Waals surface area contributed by atoms with Crippen molar-refractivity contribution in [1.29, 1.82) is 0 Å². The van der Waals surface area contributed by atoms with E-state index in [0.717, 1.165) is 0 Å². The number of nitrogens with zero attached hydrogens (tertiary/aromatic N) is 3. The zero-order valence-corrected chi connectivity index (χ0v) is 13.9. The topological polar surface area (TPSA) is 107 Å². The maximum absolute atomic E-state index is 12.0. The van der Waals surface area contributed by atoms with Crippen LogP contribution in [0.2, 0.25) is 0 Å². The predicted molar refractivity (Wildman–Crippen MR) is 88.6 cm³/mol. The maximum Gasteiger partial charge on any atom is 0.490 e. The van der Waals surface area contributed by atoms with Crippen molar-refractivity contribution in [3.8, 4) is 22.9 Å². The number of esters is 1. The first kappa shape index (κ1) is 19.0. The van der Waals surface area contributed by atoms with Crippen LogP contribution in [0.4, 0.5) is 18.9 Å². The molecule has 0 radical (unpaired) electrons. The molecular weight excluding hydrogens is 381 g/mol. The smallest absolute Gasteiger partial charge is 0.449 e. The minimum absolute atomic E-state index is 0.232. The molecule has 0 bridgehead atoms. The number of halogens is 3.